The van der Waals surface area contributed by atoms with E-state index in [1.807, 2.05) is 6.07 Å². The van der Waals surface area contributed by atoms with E-state index >= 15 is 0 Å². The van der Waals surface area contributed by atoms with Crippen LogP contribution in [-0.2, 0) is 0 Å². The summed E-state index contributed by atoms with van der Waals surface area (Å²) in [7, 11) is 0. The van der Waals surface area contributed by atoms with Gasteiger partial charge in [0.2, 0.25) is 0 Å². The molecule has 0 radical (unpaired) electrons. The van der Waals surface area contributed by atoms with Gasteiger partial charge in [-0.3, -0.25) is 9.59 Å². The molecule has 0 fully saturated rings. The lowest BCUT2D eigenvalue weighted by molar-refractivity contribution is 0.102. The van der Waals surface area contributed by atoms with Gasteiger partial charge in [-0.1, -0.05) is 18.2 Å². The predicted molar refractivity (Wildman–Crippen MR) is 69.2 cm³/mol. The molecule has 0 atom stereocenters. The van der Waals surface area contributed by atoms with Crippen LogP contribution in [0.25, 0.3) is 0 Å². The van der Waals surface area contributed by atoms with Gasteiger partial charge in [-0.05, 0) is 34.1 Å². The second kappa shape index (κ2) is 4.97. The number of anilines is 1. The largest absolute Gasteiger partial charge is 0.327 e. The molecule has 0 aliphatic carbocycles. The third kappa shape index (κ3) is 2.82. The molecule has 0 saturated carbocycles. The third-order valence-corrected chi connectivity index (χ3v) is 2.60. The second-order valence-corrected chi connectivity index (χ2v) is 4.30. The molecular formula is C12H9BrN2O2. The van der Waals surface area contributed by atoms with E-state index in [1.165, 1.54) is 12.3 Å². The van der Waals surface area contributed by atoms with Crippen molar-refractivity contribution in [3.05, 3.63) is 63.0 Å². The Hall–Kier alpha value is -1.88. The summed E-state index contributed by atoms with van der Waals surface area (Å²) in [5, 5.41) is 2.65. The number of halogens is 1. The first-order valence-corrected chi connectivity index (χ1v) is 5.71. The van der Waals surface area contributed by atoms with Crippen LogP contribution in [-0.4, -0.2) is 10.9 Å². The molecule has 4 nitrogen and oxygen atoms in total. The number of rotatable bonds is 2. The maximum atomic E-state index is 11.8. The number of nitrogens with one attached hydrogen (secondary N) is 2. The van der Waals surface area contributed by atoms with Crippen molar-refractivity contribution in [2.24, 2.45) is 0 Å². The average Bonchev–Trinajstić information content (AvgIpc) is 2.33. The molecule has 0 unspecified atom stereocenters. The monoisotopic (exact) mass is 292 g/mol. The molecule has 17 heavy (non-hydrogen) atoms. The molecule has 0 aliphatic rings. The minimum Gasteiger partial charge on any atom is -0.327 e. The lowest BCUT2D eigenvalue weighted by Gasteiger charge is -2.04. The minimum atomic E-state index is -0.432. The van der Waals surface area contributed by atoms with Crippen molar-refractivity contribution in [2.45, 2.75) is 0 Å². The van der Waals surface area contributed by atoms with E-state index in [4.69, 9.17) is 0 Å². The molecule has 86 valence electrons. The van der Waals surface area contributed by atoms with Gasteiger partial charge in [0, 0.05) is 16.4 Å². The van der Waals surface area contributed by atoms with Crippen LogP contribution < -0.4 is 10.9 Å². The molecule has 1 aromatic heterocycles. The minimum absolute atomic E-state index is 0.0724. The van der Waals surface area contributed by atoms with Crippen molar-refractivity contribution >= 4 is 27.5 Å². The van der Waals surface area contributed by atoms with Gasteiger partial charge >= 0.3 is 0 Å². The molecule has 0 aliphatic heterocycles. The Balaban J connectivity index is 2.26. The Labute approximate surface area is 106 Å². The Kier molecular flexibility index (Phi) is 3.39. The summed E-state index contributed by atoms with van der Waals surface area (Å²) in [5.74, 6) is -0.432. The van der Waals surface area contributed by atoms with Crippen molar-refractivity contribution in [2.75, 3.05) is 5.32 Å². The highest BCUT2D eigenvalue weighted by Crippen LogP contribution is 2.10. The first kappa shape index (κ1) is 11.6. The number of hydrogen-bond acceptors (Lipinski definition) is 2. The van der Waals surface area contributed by atoms with Crippen LogP contribution >= 0.6 is 15.9 Å². The fourth-order valence-electron chi connectivity index (χ4n) is 1.35. The highest BCUT2D eigenvalue weighted by atomic mass is 79.9. The molecule has 1 amide bonds. The van der Waals surface area contributed by atoms with E-state index in [1.54, 1.807) is 24.3 Å². The quantitative estimate of drug-likeness (QED) is 0.893. The molecule has 2 N–H and O–H groups in total. The molecule has 2 rings (SSSR count). The number of carbonyl (C=O) groups excluding carboxylic acids is 1. The number of benzene rings is 1. The van der Waals surface area contributed by atoms with Crippen molar-refractivity contribution in [1.82, 2.24) is 4.98 Å². The Bertz CT molecular complexity index is 593. The number of H-pyrrole nitrogens is 1. The normalized spacial score (nSPS) is 9.94. The van der Waals surface area contributed by atoms with Crippen LogP contribution in [0.5, 0.6) is 0 Å². The van der Waals surface area contributed by atoms with Gasteiger partial charge in [0.05, 0.1) is 0 Å². The summed E-state index contributed by atoms with van der Waals surface area (Å²) in [6, 6.07) is 10.5. The van der Waals surface area contributed by atoms with Gasteiger partial charge in [0.1, 0.15) is 5.56 Å². The molecular weight excluding hydrogens is 284 g/mol. The number of aromatic nitrogens is 1. The van der Waals surface area contributed by atoms with E-state index in [9.17, 15) is 9.59 Å². The molecule has 1 heterocycles. The third-order valence-electron chi connectivity index (χ3n) is 2.14. The van der Waals surface area contributed by atoms with Crippen molar-refractivity contribution in [1.29, 1.82) is 0 Å². The molecule has 2 aromatic rings. The van der Waals surface area contributed by atoms with Gasteiger partial charge < -0.3 is 10.3 Å². The van der Waals surface area contributed by atoms with Crippen LogP contribution in [0, 0.1) is 0 Å². The van der Waals surface area contributed by atoms with Crippen LogP contribution in [0.4, 0.5) is 5.69 Å². The van der Waals surface area contributed by atoms with Crippen LogP contribution in [0.15, 0.2) is 51.9 Å². The Morgan fingerprint density at radius 1 is 1.24 bits per heavy atom. The standard InChI is InChI=1S/C12H9BrN2O2/c13-8-6-10(11(16)14-7-8)12(17)15-9-4-2-1-3-5-9/h1-7H,(H,14,16)(H,15,17). The Morgan fingerprint density at radius 3 is 2.65 bits per heavy atom. The van der Waals surface area contributed by atoms with Crippen LogP contribution in [0.1, 0.15) is 10.4 Å². The van der Waals surface area contributed by atoms with E-state index in [2.05, 4.69) is 26.2 Å². The molecule has 0 bridgehead atoms. The topological polar surface area (TPSA) is 62.0 Å². The average molecular weight is 293 g/mol. The summed E-state index contributed by atoms with van der Waals surface area (Å²) in [4.78, 5) is 25.8. The number of carbonyl (C=O) groups is 1. The van der Waals surface area contributed by atoms with E-state index in [0.29, 0.717) is 10.2 Å². The van der Waals surface area contributed by atoms with Crippen molar-refractivity contribution < 1.29 is 4.79 Å². The second-order valence-electron chi connectivity index (χ2n) is 3.38. The SMILES string of the molecule is O=C(Nc1ccccc1)c1cc(Br)c[nH]c1=O. The van der Waals surface area contributed by atoms with Gasteiger partial charge in [-0.25, -0.2) is 0 Å². The lowest BCUT2D eigenvalue weighted by Crippen LogP contribution is -2.22. The number of para-hydroxylation sites is 1. The highest BCUT2D eigenvalue weighted by Gasteiger charge is 2.10. The predicted octanol–water partition coefficient (Wildman–Crippen LogP) is 2.39. The fourth-order valence-corrected chi connectivity index (χ4v) is 1.69. The maximum absolute atomic E-state index is 11.8. The van der Waals surface area contributed by atoms with Crippen molar-refractivity contribution in [3.63, 3.8) is 0 Å². The maximum Gasteiger partial charge on any atom is 0.261 e. The zero-order valence-corrected chi connectivity index (χ0v) is 10.3. The molecule has 1 aromatic carbocycles. The highest BCUT2D eigenvalue weighted by molar-refractivity contribution is 9.10. The van der Waals surface area contributed by atoms with Crippen LogP contribution in [0.2, 0.25) is 0 Å². The molecule has 5 heteroatoms. The first-order chi connectivity index (χ1) is 8.16. The first-order valence-electron chi connectivity index (χ1n) is 4.91. The summed E-state index contributed by atoms with van der Waals surface area (Å²) >= 11 is 3.20. The zero-order chi connectivity index (χ0) is 12.3. The molecule has 0 saturated heterocycles. The van der Waals surface area contributed by atoms with E-state index in [0.717, 1.165) is 0 Å². The van der Waals surface area contributed by atoms with Gasteiger partial charge in [-0.15, -0.1) is 0 Å². The smallest absolute Gasteiger partial charge is 0.261 e. The number of aromatic amines is 1. The summed E-state index contributed by atoms with van der Waals surface area (Å²) in [6.45, 7) is 0. The number of amides is 1. The van der Waals surface area contributed by atoms with Gasteiger partial charge in [-0.2, -0.15) is 0 Å². The number of pyridine rings is 1. The Morgan fingerprint density at radius 2 is 1.94 bits per heavy atom. The van der Waals surface area contributed by atoms with Gasteiger partial charge in [0.25, 0.3) is 11.5 Å². The summed E-state index contributed by atoms with van der Waals surface area (Å²) in [6.07, 6.45) is 1.49. The molecule has 0 spiro atoms. The van der Waals surface area contributed by atoms with E-state index in [-0.39, 0.29) is 5.56 Å². The number of hydrogen-bond donors (Lipinski definition) is 2. The van der Waals surface area contributed by atoms with Crippen molar-refractivity contribution in [3.8, 4) is 0 Å². The van der Waals surface area contributed by atoms with Crippen LogP contribution in [0.3, 0.4) is 0 Å². The summed E-state index contributed by atoms with van der Waals surface area (Å²) in [5.41, 5.74) is 0.307. The van der Waals surface area contributed by atoms with Gasteiger partial charge in [0.15, 0.2) is 0 Å². The fraction of sp³-hybridized carbons (Fsp3) is 0. The zero-order valence-electron chi connectivity index (χ0n) is 8.74. The lowest BCUT2D eigenvalue weighted by atomic mass is 10.2. The van der Waals surface area contributed by atoms with E-state index < -0.39 is 11.5 Å². The summed E-state index contributed by atoms with van der Waals surface area (Å²) < 4.78 is 0.648.